The number of carbonyl (C=O) groups is 3. The van der Waals surface area contributed by atoms with E-state index >= 15 is 0 Å². The molecule has 0 radical (unpaired) electrons. The molecular formula is C33H30F5N3O5. The van der Waals surface area contributed by atoms with Gasteiger partial charge in [0.25, 0.3) is 11.8 Å². The van der Waals surface area contributed by atoms with Crippen LogP contribution in [0, 0.1) is 0 Å². The van der Waals surface area contributed by atoms with Crippen LogP contribution < -0.4 is 10.2 Å². The molecule has 2 saturated heterocycles. The number of alkyl halides is 5. The zero-order valence-electron chi connectivity index (χ0n) is 24.6. The molecule has 2 amide bonds. The highest BCUT2D eigenvalue weighted by molar-refractivity contribution is 6.12. The number of fused-ring (bicyclic) bond motifs is 4. The van der Waals surface area contributed by atoms with Crippen LogP contribution in [0.5, 0.6) is 0 Å². The van der Waals surface area contributed by atoms with Crippen LogP contribution in [0.2, 0.25) is 0 Å². The minimum atomic E-state index is -5.77. The van der Waals surface area contributed by atoms with Gasteiger partial charge < -0.3 is 15.0 Å². The van der Waals surface area contributed by atoms with Crippen molar-refractivity contribution < 1.29 is 45.9 Å². The number of carbonyl (C=O) groups excluding carboxylic acids is 3. The second-order valence-electron chi connectivity index (χ2n) is 11.7. The van der Waals surface area contributed by atoms with Crippen molar-refractivity contribution >= 4 is 23.3 Å². The largest absolute Gasteiger partial charge is 0.453 e. The van der Waals surface area contributed by atoms with Gasteiger partial charge in [-0.2, -0.15) is 27.0 Å². The number of benzene rings is 3. The third-order valence-corrected chi connectivity index (χ3v) is 8.65. The lowest BCUT2D eigenvalue weighted by atomic mass is 9.92. The van der Waals surface area contributed by atoms with Crippen molar-refractivity contribution in [2.24, 2.45) is 0 Å². The molecule has 0 aromatic heterocycles. The Morgan fingerprint density at radius 3 is 2.33 bits per heavy atom. The molecule has 3 aromatic carbocycles. The molecule has 2 fully saturated rings. The first kappa shape index (κ1) is 31.8. The molecule has 4 unspecified atom stereocenters. The molecule has 242 valence electrons. The lowest BCUT2D eigenvalue weighted by Crippen LogP contribution is -2.58. The predicted molar refractivity (Wildman–Crippen MR) is 155 cm³/mol. The fourth-order valence-electron chi connectivity index (χ4n) is 5.99. The molecule has 0 aliphatic carbocycles. The molecule has 8 nitrogen and oxygen atoms in total. The molecule has 13 heteroatoms. The molecule has 1 N–H and O–H groups in total. The molecule has 3 aliphatic heterocycles. The number of rotatable bonds is 9. The summed E-state index contributed by atoms with van der Waals surface area (Å²) in [6.07, 6.45) is -7.85. The minimum Gasteiger partial charge on any atom is -0.375 e. The number of Topliss-reactive ketones (excluding diaryl/α,β-unsaturated/α-hetero) is 1. The summed E-state index contributed by atoms with van der Waals surface area (Å²) < 4.78 is 71.9. The average molecular weight is 644 g/mol. The maximum atomic E-state index is 14.2. The van der Waals surface area contributed by atoms with Crippen LogP contribution in [-0.2, 0) is 30.6 Å². The molecule has 0 saturated carbocycles. The summed E-state index contributed by atoms with van der Waals surface area (Å²) in [7, 11) is 0. The number of hydrogen-bond acceptors (Lipinski definition) is 6. The van der Waals surface area contributed by atoms with Crippen molar-refractivity contribution in [3.63, 3.8) is 0 Å². The molecule has 3 aliphatic rings. The van der Waals surface area contributed by atoms with E-state index in [0.717, 1.165) is 23.1 Å². The number of ketones is 1. The van der Waals surface area contributed by atoms with Gasteiger partial charge in [0.2, 0.25) is 5.60 Å². The number of para-hydroxylation sites is 1. The zero-order valence-corrected chi connectivity index (χ0v) is 24.6. The molecule has 3 aromatic rings. The van der Waals surface area contributed by atoms with Crippen LogP contribution in [0.4, 0.5) is 27.6 Å². The number of anilines is 1. The van der Waals surface area contributed by atoms with Gasteiger partial charge in [0.05, 0.1) is 31.0 Å². The second kappa shape index (κ2) is 11.9. The molecule has 3 heterocycles. The van der Waals surface area contributed by atoms with Gasteiger partial charge in [-0.05, 0) is 29.7 Å². The quantitative estimate of drug-likeness (QED) is 0.146. The number of nitrogens with zero attached hydrogens (tertiary/aromatic N) is 2. The normalized spacial score (nSPS) is 25.7. The lowest BCUT2D eigenvalue weighted by molar-refractivity contribution is -0.287. The van der Waals surface area contributed by atoms with E-state index in [1.165, 1.54) is 4.90 Å². The predicted octanol–water partition coefficient (Wildman–Crippen LogP) is 5.38. The van der Waals surface area contributed by atoms with Gasteiger partial charge in [-0.1, -0.05) is 72.8 Å². The first-order valence-electron chi connectivity index (χ1n) is 14.7. The molecule has 0 bridgehead atoms. The Morgan fingerprint density at radius 2 is 1.61 bits per heavy atom. The molecule has 5 atom stereocenters. The molecule has 6 rings (SSSR count). The Bertz CT molecular complexity index is 1650. The first-order valence-corrected chi connectivity index (χ1v) is 14.7. The third kappa shape index (κ3) is 5.78. The highest BCUT2D eigenvalue weighted by atomic mass is 19.4. The van der Waals surface area contributed by atoms with Crippen molar-refractivity contribution in [1.82, 2.24) is 10.4 Å². The number of amides is 2. The van der Waals surface area contributed by atoms with Crippen LogP contribution in [0.3, 0.4) is 0 Å². The van der Waals surface area contributed by atoms with Crippen LogP contribution in [0.25, 0.3) is 11.1 Å². The van der Waals surface area contributed by atoms with Gasteiger partial charge >= 0.3 is 12.1 Å². The highest BCUT2D eigenvalue weighted by Gasteiger charge is 2.68. The maximum Gasteiger partial charge on any atom is 0.453 e. The Kier molecular flexibility index (Phi) is 8.20. The average Bonchev–Trinajstić information content (AvgIpc) is 3.69. The third-order valence-electron chi connectivity index (χ3n) is 8.65. The van der Waals surface area contributed by atoms with E-state index in [2.05, 4.69) is 5.32 Å². The standard InChI is InChI=1S/C33H30F5N3O5/c1-31(27(42)17-25-26(41(25)46-31)18-32(34,35)33(36,37)38)30(44)39-28-23-13-6-5-11-21(23)22-12-7-8-14-24(22)40(29(28)43)15-16-45-19-20-9-3-2-4-10-20/h2-14,25-26,28H,15-19H2,1H3,(H,39,44)/t25?,26?,28-,31?,41?/m0/s1. The summed E-state index contributed by atoms with van der Waals surface area (Å²) in [6, 6.07) is 19.9. The Labute approximate surface area is 261 Å². The van der Waals surface area contributed by atoms with Gasteiger partial charge in [-0.15, -0.1) is 0 Å². The van der Waals surface area contributed by atoms with E-state index in [9.17, 15) is 36.3 Å². The summed E-state index contributed by atoms with van der Waals surface area (Å²) in [5, 5.41) is 3.48. The van der Waals surface area contributed by atoms with E-state index in [1.807, 2.05) is 42.5 Å². The van der Waals surface area contributed by atoms with Crippen LogP contribution in [0.15, 0.2) is 78.9 Å². The smallest absolute Gasteiger partial charge is 0.375 e. The topological polar surface area (TPSA) is 88.0 Å². The Hall–Kier alpha value is -4.20. The number of hydrogen-bond donors (Lipinski definition) is 1. The van der Waals surface area contributed by atoms with E-state index in [-0.39, 0.29) is 13.2 Å². The van der Waals surface area contributed by atoms with Crippen molar-refractivity contribution in [2.45, 2.75) is 62.2 Å². The number of halogens is 5. The monoisotopic (exact) mass is 643 g/mol. The van der Waals surface area contributed by atoms with Gasteiger partial charge in [0, 0.05) is 24.9 Å². The van der Waals surface area contributed by atoms with Crippen molar-refractivity contribution in [3.05, 3.63) is 90.0 Å². The number of ether oxygens (including phenoxy) is 1. The van der Waals surface area contributed by atoms with E-state index in [0.29, 0.717) is 23.4 Å². The SMILES string of the molecule is CC1(C(=O)N[C@@H]2C(=O)N(CCOCc3ccccc3)c3ccccc3-c3ccccc32)ON2C(CC1=O)C2CC(F)(F)C(F)(F)F. The fourth-order valence-corrected chi connectivity index (χ4v) is 5.99. The summed E-state index contributed by atoms with van der Waals surface area (Å²) in [4.78, 5) is 48.2. The maximum absolute atomic E-state index is 14.2. The summed E-state index contributed by atoms with van der Waals surface area (Å²) in [6.45, 7) is 1.72. The zero-order chi connectivity index (χ0) is 32.9. The van der Waals surface area contributed by atoms with Crippen molar-refractivity contribution in [2.75, 3.05) is 18.1 Å². The molecular weight excluding hydrogens is 613 g/mol. The van der Waals surface area contributed by atoms with Crippen LogP contribution in [0.1, 0.15) is 36.9 Å². The number of nitrogens with one attached hydrogen (secondary N) is 1. The summed E-state index contributed by atoms with van der Waals surface area (Å²) in [5.41, 5.74) is 1.09. The second-order valence-corrected chi connectivity index (χ2v) is 11.7. The molecule has 0 spiro atoms. The number of hydroxylamine groups is 2. The van der Waals surface area contributed by atoms with Gasteiger partial charge in [-0.25, -0.2) is 0 Å². The Morgan fingerprint density at radius 1 is 0.957 bits per heavy atom. The van der Waals surface area contributed by atoms with E-state index in [4.69, 9.17) is 9.57 Å². The van der Waals surface area contributed by atoms with Gasteiger partial charge in [-0.3, -0.25) is 19.2 Å². The summed E-state index contributed by atoms with van der Waals surface area (Å²) >= 11 is 0. The Balaban J connectivity index is 1.23. The fraction of sp³-hybridized carbons (Fsp3) is 0.364. The summed E-state index contributed by atoms with van der Waals surface area (Å²) in [5.74, 6) is -7.34. The van der Waals surface area contributed by atoms with Crippen molar-refractivity contribution in [1.29, 1.82) is 0 Å². The first-order chi connectivity index (χ1) is 21.8. The lowest BCUT2D eigenvalue weighted by Gasteiger charge is -2.33. The highest BCUT2D eigenvalue weighted by Crippen LogP contribution is 2.49. The van der Waals surface area contributed by atoms with Crippen LogP contribution >= 0.6 is 0 Å². The van der Waals surface area contributed by atoms with E-state index in [1.54, 1.807) is 36.4 Å². The van der Waals surface area contributed by atoms with Gasteiger partial charge in [0.1, 0.15) is 6.04 Å². The van der Waals surface area contributed by atoms with Crippen LogP contribution in [-0.4, -0.2) is 65.6 Å². The van der Waals surface area contributed by atoms with Crippen molar-refractivity contribution in [3.8, 4) is 11.1 Å². The molecule has 46 heavy (non-hydrogen) atoms. The van der Waals surface area contributed by atoms with E-state index < -0.39 is 66.3 Å². The van der Waals surface area contributed by atoms with Gasteiger partial charge in [0.15, 0.2) is 5.78 Å². The minimum absolute atomic E-state index is 0.125.